The summed E-state index contributed by atoms with van der Waals surface area (Å²) in [5, 5.41) is 4.27. The van der Waals surface area contributed by atoms with E-state index in [1.54, 1.807) is 0 Å². The lowest BCUT2D eigenvalue weighted by Crippen LogP contribution is -2.15. The number of carbonyl (C=O) groups excluding carboxylic acids is 1. The molecule has 1 aliphatic rings. The molecule has 2 heterocycles. The van der Waals surface area contributed by atoms with Gasteiger partial charge in [0.15, 0.2) is 0 Å². The molecule has 2 aromatic carbocycles. The monoisotopic (exact) mass is 371 g/mol. The van der Waals surface area contributed by atoms with Gasteiger partial charge in [0.05, 0.1) is 16.6 Å². The molecule has 0 unspecified atom stereocenters. The Labute approximate surface area is 164 Å². The summed E-state index contributed by atoms with van der Waals surface area (Å²) >= 11 is 0. The number of fused-ring (bicyclic) bond motifs is 3. The van der Waals surface area contributed by atoms with Crippen LogP contribution in [0, 0.1) is 5.92 Å². The largest absolute Gasteiger partial charge is 0.339 e. The smallest absolute Gasteiger partial charge is 0.272 e. The zero-order valence-corrected chi connectivity index (χ0v) is 16.4. The third-order valence-corrected chi connectivity index (χ3v) is 5.94. The summed E-state index contributed by atoms with van der Waals surface area (Å²) in [7, 11) is 1.99. The van der Waals surface area contributed by atoms with Crippen LogP contribution in [0.4, 0.5) is 5.69 Å². The van der Waals surface area contributed by atoms with Gasteiger partial charge in [-0.1, -0.05) is 37.3 Å². The summed E-state index contributed by atoms with van der Waals surface area (Å²) in [6.07, 6.45) is 3.61. The van der Waals surface area contributed by atoms with Crippen LogP contribution in [0.2, 0.25) is 0 Å². The van der Waals surface area contributed by atoms with Gasteiger partial charge in [-0.3, -0.25) is 4.79 Å². The van der Waals surface area contributed by atoms with E-state index in [9.17, 15) is 4.79 Å². The van der Waals surface area contributed by atoms with Crippen molar-refractivity contribution in [2.75, 3.05) is 5.32 Å². The predicted octanol–water partition coefficient (Wildman–Crippen LogP) is 5.36. The molecule has 1 aliphatic carbocycles. The maximum Gasteiger partial charge on any atom is 0.272 e. The molecule has 1 saturated carbocycles. The van der Waals surface area contributed by atoms with E-state index in [-0.39, 0.29) is 5.91 Å². The number of nitrogens with zero attached hydrogens (tertiary/aromatic N) is 2. The Balaban J connectivity index is 1.56. The summed E-state index contributed by atoms with van der Waals surface area (Å²) in [5.41, 5.74) is 6.35. The van der Waals surface area contributed by atoms with Crippen LogP contribution < -0.4 is 5.32 Å². The van der Waals surface area contributed by atoms with Gasteiger partial charge in [0, 0.05) is 24.7 Å². The van der Waals surface area contributed by atoms with Crippen molar-refractivity contribution in [3.05, 3.63) is 65.9 Å². The molecule has 2 aromatic heterocycles. The van der Waals surface area contributed by atoms with Gasteiger partial charge < -0.3 is 14.5 Å². The number of nitrogens with one attached hydrogen (secondary N) is 1. The van der Waals surface area contributed by atoms with E-state index in [0.717, 1.165) is 35.6 Å². The quantitative estimate of drug-likeness (QED) is 0.504. The van der Waals surface area contributed by atoms with Gasteiger partial charge in [-0.05, 0) is 55.0 Å². The summed E-state index contributed by atoms with van der Waals surface area (Å²) in [6.45, 7) is 3.16. The number of amides is 1. The van der Waals surface area contributed by atoms with Crippen LogP contribution in [-0.4, -0.2) is 15.0 Å². The average molecular weight is 371 g/mol. The van der Waals surface area contributed by atoms with Gasteiger partial charge in [-0.15, -0.1) is 0 Å². The van der Waals surface area contributed by atoms with Crippen LogP contribution in [0.3, 0.4) is 0 Å². The Kier molecular flexibility index (Phi) is 4.00. The third kappa shape index (κ3) is 2.80. The molecule has 142 valence electrons. The van der Waals surface area contributed by atoms with E-state index in [0.29, 0.717) is 5.69 Å². The average Bonchev–Trinajstić information content (AvgIpc) is 3.40. The van der Waals surface area contributed by atoms with Crippen molar-refractivity contribution in [1.82, 2.24) is 9.13 Å². The second-order valence-electron chi connectivity index (χ2n) is 7.90. The van der Waals surface area contributed by atoms with Crippen LogP contribution >= 0.6 is 0 Å². The van der Waals surface area contributed by atoms with E-state index in [4.69, 9.17) is 0 Å². The molecule has 1 amide bonds. The molecule has 4 heteroatoms. The molecular formula is C24H25N3O. The fraction of sp³-hybridized carbons (Fsp3) is 0.292. The van der Waals surface area contributed by atoms with Crippen LogP contribution in [-0.2, 0) is 20.0 Å². The highest BCUT2D eigenvalue weighted by Gasteiger charge is 2.26. The van der Waals surface area contributed by atoms with Gasteiger partial charge in [0.1, 0.15) is 5.69 Å². The lowest BCUT2D eigenvalue weighted by molar-refractivity contribution is 0.102. The van der Waals surface area contributed by atoms with Crippen molar-refractivity contribution in [3.8, 4) is 0 Å². The number of para-hydroxylation sites is 1. The molecule has 0 spiro atoms. The van der Waals surface area contributed by atoms with Crippen molar-refractivity contribution in [3.63, 3.8) is 0 Å². The normalized spacial score (nSPS) is 14.1. The van der Waals surface area contributed by atoms with Crippen LogP contribution in [0.5, 0.6) is 0 Å². The second kappa shape index (κ2) is 6.55. The molecule has 4 nitrogen and oxygen atoms in total. The number of benzene rings is 2. The zero-order chi connectivity index (χ0) is 19.3. The molecular weight excluding hydrogens is 346 g/mol. The Morgan fingerprint density at radius 2 is 1.82 bits per heavy atom. The molecule has 0 bridgehead atoms. The molecule has 1 fully saturated rings. The Morgan fingerprint density at radius 1 is 1.07 bits per heavy atom. The summed E-state index contributed by atoms with van der Waals surface area (Å²) in [6, 6.07) is 18.6. The number of anilines is 1. The van der Waals surface area contributed by atoms with E-state index in [2.05, 4.69) is 53.2 Å². The summed E-state index contributed by atoms with van der Waals surface area (Å²) in [5.74, 6) is 0.707. The van der Waals surface area contributed by atoms with Crippen LogP contribution in [0.1, 0.15) is 35.8 Å². The maximum atomic E-state index is 13.0. The zero-order valence-electron chi connectivity index (χ0n) is 16.4. The summed E-state index contributed by atoms with van der Waals surface area (Å²) < 4.78 is 4.44. The Hall–Kier alpha value is -3.01. The number of hydrogen-bond donors (Lipinski definition) is 1. The molecule has 5 rings (SSSR count). The molecule has 28 heavy (non-hydrogen) atoms. The van der Waals surface area contributed by atoms with Crippen molar-refractivity contribution < 1.29 is 4.79 Å². The number of carbonyl (C=O) groups is 1. The minimum absolute atomic E-state index is 0.0648. The van der Waals surface area contributed by atoms with Crippen molar-refractivity contribution in [1.29, 1.82) is 0 Å². The number of rotatable bonds is 5. The Morgan fingerprint density at radius 3 is 2.54 bits per heavy atom. The van der Waals surface area contributed by atoms with Crippen LogP contribution in [0.25, 0.3) is 21.9 Å². The highest BCUT2D eigenvalue weighted by molar-refractivity contribution is 6.12. The van der Waals surface area contributed by atoms with Gasteiger partial charge in [0.2, 0.25) is 0 Å². The topological polar surface area (TPSA) is 39.0 Å². The SMILES string of the molecule is CCc1ccc(NC(=O)c2cc3c(c4ccccc4n3CC3CC3)n2C)cc1. The first-order chi connectivity index (χ1) is 13.7. The molecule has 0 aliphatic heterocycles. The van der Waals surface area contributed by atoms with E-state index < -0.39 is 0 Å². The standard InChI is InChI=1S/C24H25N3O/c1-3-16-10-12-18(13-11-16)25-24(28)22-14-21-23(26(22)2)19-6-4-5-7-20(19)27(21)15-17-8-9-17/h4-7,10-14,17H,3,8-9,15H2,1-2H3,(H,25,28). The Bertz CT molecular complexity index is 1180. The minimum Gasteiger partial charge on any atom is -0.339 e. The molecule has 1 N–H and O–H groups in total. The first-order valence-corrected chi connectivity index (χ1v) is 10.1. The van der Waals surface area contributed by atoms with Gasteiger partial charge in [-0.2, -0.15) is 0 Å². The fourth-order valence-electron chi connectivity index (χ4n) is 4.14. The van der Waals surface area contributed by atoms with Gasteiger partial charge in [0.25, 0.3) is 5.91 Å². The van der Waals surface area contributed by atoms with Gasteiger partial charge >= 0.3 is 0 Å². The number of aryl methyl sites for hydroxylation is 2. The third-order valence-electron chi connectivity index (χ3n) is 5.94. The minimum atomic E-state index is -0.0648. The molecule has 0 atom stereocenters. The number of hydrogen-bond acceptors (Lipinski definition) is 1. The first-order valence-electron chi connectivity index (χ1n) is 10.1. The lowest BCUT2D eigenvalue weighted by atomic mass is 10.1. The maximum absolute atomic E-state index is 13.0. The highest BCUT2D eigenvalue weighted by Crippen LogP contribution is 2.37. The van der Waals surface area contributed by atoms with Crippen LogP contribution in [0.15, 0.2) is 54.6 Å². The highest BCUT2D eigenvalue weighted by atomic mass is 16.1. The van der Waals surface area contributed by atoms with E-state index in [1.807, 2.05) is 29.8 Å². The predicted molar refractivity (Wildman–Crippen MR) is 115 cm³/mol. The summed E-state index contributed by atoms with van der Waals surface area (Å²) in [4.78, 5) is 13.0. The first kappa shape index (κ1) is 17.1. The fourth-order valence-corrected chi connectivity index (χ4v) is 4.14. The van der Waals surface area contributed by atoms with Crippen molar-refractivity contribution >= 4 is 33.5 Å². The van der Waals surface area contributed by atoms with E-state index in [1.165, 1.54) is 29.3 Å². The molecule has 0 saturated heterocycles. The van der Waals surface area contributed by atoms with Crippen molar-refractivity contribution in [2.24, 2.45) is 13.0 Å². The van der Waals surface area contributed by atoms with Gasteiger partial charge in [-0.25, -0.2) is 0 Å². The number of aromatic nitrogens is 2. The lowest BCUT2D eigenvalue weighted by Gasteiger charge is -2.08. The molecule has 0 radical (unpaired) electrons. The molecule has 4 aromatic rings. The van der Waals surface area contributed by atoms with Crippen molar-refractivity contribution in [2.45, 2.75) is 32.7 Å². The van der Waals surface area contributed by atoms with E-state index >= 15 is 0 Å². The second-order valence-corrected chi connectivity index (χ2v) is 7.90.